The predicted octanol–water partition coefficient (Wildman–Crippen LogP) is 2.22. The van der Waals surface area contributed by atoms with E-state index in [4.69, 9.17) is 14.2 Å². The lowest BCUT2D eigenvalue weighted by atomic mass is 10.1. The topological polar surface area (TPSA) is 110 Å². The molecule has 2 aromatic rings. The molecule has 0 bridgehead atoms. The second-order valence-corrected chi connectivity index (χ2v) is 6.71. The highest BCUT2D eigenvalue weighted by Crippen LogP contribution is 2.27. The lowest BCUT2D eigenvalue weighted by Crippen LogP contribution is -2.30. The molecule has 8 nitrogen and oxygen atoms in total. The Morgan fingerprint density at radius 1 is 1.17 bits per heavy atom. The molecular formula is C21H28N2O6. The zero-order valence-electron chi connectivity index (χ0n) is 17.4. The van der Waals surface area contributed by atoms with E-state index in [-0.39, 0.29) is 12.3 Å². The van der Waals surface area contributed by atoms with Crippen molar-refractivity contribution in [2.24, 2.45) is 0 Å². The van der Waals surface area contributed by atoms with Gasteiger partial charge in [-0.15, -0.1) is 0 Å². The van der Waals surface area contributed by atoms with Gasteiger partial charge in [0.2, 0.25) is 0 Å². The highest BCUT2D eigenvalue weighted by atomic mass is 16.5. The fraction of sp³-hybridized carbons (Fsp3) is 0.429. The Morgan fingerprint density at radius 2 is 1.86 bits per heavy atom. The predicted molar refractivity (Wildman–Crippen MR) is 107 cm³/mol. The molecule has 0 saturated carbocycles. The molecule has 1 aromatic heterocycles. The maximum Gasteiger partial charge on any atom is 0.355 e. The Hall–Kier alpha value is -3.00. The first-order chi connectivity index (χ1) is 13.8. The highest BCUT2D eigenvalue weighted by molar-refractivity contribution is 5.91. The Labute approximate surface area is 170 Å². The van der Waals surface area contributed by atoms with Gasteiger partial charge in [0.25, 0.3) is 5.91 Å². The lowest BCUT2D eigenvalue weighted by Gasteiger charge is -2.10. The maximum atomic E-state index is 12.2. The van der Waals surface area contributed by atoms with Gasteiger partial charge in [-0.25, -0.2) is 4.79 Å². The van der Waals surface area contributed by atoms with Gasteiger partial charge in [-0.2, -0.15) is 0 Å². The molecule has 1 aromatic carbocycles. The molecule has 0 fully saturated rings. The van der Waals surface area contributed by atoms with Crippen LogP contribution in [0.5, 0.6) is 11.5 Å². The average molecular weight is 404 g/mol. The Morgan fingerprint density at radius 3 is 2.45 bits per heavy atom. The van der Waals surface area contributed by atoms with Crippen molar-refractivity contribution in [3.8, 4) is 11.5 Å². The summed E-state index contributed by atoms with van der Waals surface area (Å²) in [5.74, 6) is 0.238. The van der Waals surface area contributed by atoms with Crippen molar-refractivity contribution in [2.75, 3.05) is 27.4 Å². The van der Waals surface area contributed by atoms with Crippen molar-refractivity contribution < 1.29 is 28.9 Å². The summed E-state index contributed by atoms with van der Waals surface area (Å²) in [6, 6.07) is 5.55. The molecule has 0 radical (unpaired) electrons. The van der Waals surface area contributed by atoms with Gasteiger partial charge in [0.1, 0.15) is 5.69 Å². The average Bonchev–Trinajstić information content (AvgIpc) is 3.00. The number of aromatic nitrogens is 1. The number of rotatable bonds is 9. The summed E-state index contributed by atoms with van der Waals surface area (Å²) in [5.41, 5.74) is 3.20. The first kappa shape index (κ1) is 22.3. The number of benzene rings is 1. The molecule has 0 aliphatic carbocycles. The van der Waals surface area contributed by atoms with Crippen LogP contribution >= 0.6 is 0 Å². The van der Waals surface area contributed by atoms with E-state index in [0.717, 1.165) is 5.56 Å². The molecule has 2 rings (SSSR count). The molecule has 1 atom stereocenters. The lowest BCUT2D eigenvalue weighted by molar-refractivity contribution is -0.124. The van der Waals surface area contributed by atoms with Crippen LogP contribution in [0, 0.1) is 13.8 Å². The van der Waals surface area contributed by atoms with Gasteiger partial charge in [0.05, 0.1) is 20.3 Å². The van der Waals surface area contributed by atoms with E-state index in [9.17, 15) is 14.7 Å². The number of hydrogen-bond donors (Lipinski definition) is 3. The van der Waals surface area contributed by atoms with E-state index in [1.807, 2.05) is 12.1 Å². The van der Waals surface area contributed by atoms with Crippen molar-refractivity contribution in [3.63, 3.8) is 0 Å². The van der Waals surface area contributed by atoms with E-state index in [2.05, 4.69) is 10.3 Å². The summed E-state index contributed by atoms with van der Waals surface area (Å²) in [5, 5.41) is 12.5. The van der Waals surface area contributed by atoms with E-state index < -0.39 is 18.0 Å². The van der Waals surface area contributed by atoms with Crippen LogP contribution in [0.4, 0.5) is 0 Å². The van der Waals surface area contributed by atoms with Gasteiger partial charge >= 0.3 is 5.97 Å². The third-order valence-electron chi connectivity index (χ3n) is 4.64. The first-order valence-electron chi connectivity index (χ1n) is 9.30. The summed E-state index contributed by atoms with van der Waals surface area (Å²) in [6.07, 6.45) is -0.111. The quantitative estimate of drug-likeness (QED) is 0.553. The molecule has 8 heteroatoms. The first-order valence-corrected chi connectivity index (χ1v) is 9.30. The largest absolute Gasteiger partial charge is 0.493 e. The van der Waals surface area contributed by atoms with Gasteiger partial charge in [0.15, 0.2) is 18.1 Å². The smallest absolute Gasteiger partial charge is 0.355 e. The normalized spacial score (nSPS) is 11.7. The Balaban J connectivity index is 1.83. The number of aliphatic hydroxyl groups is 1. The number of aryl methyl sites for hydroxylation is 1. The molecule has 0 spiro atoms. The van der Waals surface area contributed by atoms with Crippen LogP contribution < -0.4 is 14.8 Å². The number of carbonyl (C=O) groups is 2. The zero-order chi connectivity index (χ0) is 21.6. The third kappa shape index (κ3) is 5.51. The summed E-state index contributed by atoms with van der Waals surface area (Å²) < 4.78 is 15.5. The van der Waals surface area contributed by atoms with Crippen LogP contribution in [0.25, 0.3) is 0 Å². The second kappa shape index (κ2) is 9.97. The Bertz CT molecular complexity index is 872. The third-order valence-corrected chi connectivity index (χ3v) is 4.64. The minimum absolute atomic E-state index is 0.247. The molecule has 0 saturated heterocycles. The van der Waals surface area contributed by atoms with Crippen LogP contribution in [0.1, 0.15) is 45.9 Å². The molecular weight excluding hydrogens is 376 g/mol. The van der Waals surface area contributed by atoms with Gasteiger partial charge in [0, 0.05) is 17.8 Å². The van der Waals surface area contributed by atoms with Gasteiger partial charge in [-0.05, 0) is 50.5 Å². The maximum absolute atomic E-state index is 12.2. The molecule has 0 aliphatic rings. The summed E-state index contributed by atoms with van der Waals surface area (Å²) in [7, 11) is 3.13. The standard InChI is InChI=1S/C21H28N2O6/c1-12-19(14(3)24)13(2)23-20(12)21(26)29-11-18(25)22-9-8-15-6-7-16(27-4)17(10-15)28-5/h6-7,10,14,23-24H,8-9,11H2,1-5H3,(H,22,25)/t14-/m1/s1. The minimum atomic E-state index is -0.701. The molecule has 29 heavy (non-hydrogen) atoms. The van der Waals surface area contributed by atoms with Gasteiger partial charge < -0.3 is 29.6 Å². The number of nitrogens with one attached hydrogen (secondary N) is 2. The fourth-order valence-electron chi connectivity index (χ4n) is 3.23. The van der Waals surface area contributed by atoms with Crippen molar-refractivity contribution in [1.29, 1.82) is 0 Å². The number of esters is 1. The molecule has 1 amide bonds. The fourth-order valence-corrected chi connectivity index (χ4v) is 3.23. The van der Waals surface area contributed by atoms with Crippen LogP contribution in [0.3, 0.4) is 0 Å². The van der Waals surface area contributed by atoms with Crippen LogP contribution in [-0.4, -0.2) is 49.3 Å². The van der Waals surface area contributed by atoms with E-state index in [0.29, 0.717) is 41.3 Å². The number of carbonyl (C=O) groups excluding carboxylic acids is 2. The van der Waals surface area contributed by atoms with E-state index >= 15 is 0 Å². The van der Waals surface area contributed by atoms with Crippen molar-refractivity contribution >= 4 is 11.9 Å². The molecule has 0 aliphatic heterocycles. The van der Waals surface area contributed by atoms with Crippen LogP contribution in [0.2, 0.25) is 0 Å². The number of hydrogen-bond acceptors (Lipinski definition) is 6. The van der Waals surface area contributed by atoms with E-state index in [1.165, 1.54) is 0 Å². The zero-order valence-corrected chi connectivity index (χ0v) is 17.4. The molecule has 0 unspecified atom stereocenters. The summed E-state index contributed by atoms with van der Waals surface area (Å²) in [4.78, 5) is 27.1. The van der Waals surface area contributed by atoms with Crippen LogP contribution in [0.15, 0.2) is 18.2 Å². The molecule has 1 heterocycles. The monoisotopic (exact) mass is 404 g/mol. The molecule has 3 N–H and O–H groups in total. The highest BCUT2D eigenvalue weighted by Gasteiger charge is 2.21. The van der Waals surface area contributed by atoms with Crippen LogP contribution in [-0.2, 0) is 16.0 Å². The summed E-state index contributed by atoms with van der Waals surface area (Å²) in [6.45, 7) is 5.13. The number of amides is 1. The van der Waals surface area contributed by atoms with Crippen molar-refractivity contribution in [3.05, 3.63) is 46.3 Å². The van der Waals surface area contributed by atoms with Crippen molar-refractivity contribution in [2.45, 2.75) is 33.3 Å². The van der Waals surface area contributed by atoms with Crippen molar-refractivity contribution in [1.82, 2.24) is 10.3 Å². The number of H-pyrrole nitrogens is 1. The SMILES string of the molecule is COc1ccc(CCNC(=O)COC(=O)c2[nH]c(C)c([C@@H](C)O)c2C)cc1OC. The summed E-state index contributed by atoms with van der Waals surface area (Å²) >= 11 is 0. The van der Waals surface area contributed by atoms with E-state index in [1.54, 1.807) is 41.1 Å². The second-order valence-electron chi connectivity index (χ2n) is 6.71. The minimum Gasteiger partial charge on any atom is -0.493 e. The van der Waals surface area contributed by atoms with Gasteiger partial charge in [-0.1, -0.05) is 6.07 Å². The number of ether oxygens (including phenoxy) is 3. The Kier molecular flexibility index (Phi) is 7.67. The number of aromatic amines is 1. The van der Waals surface area contributed by atoms with Gasteiger partial charge in [-0.3, -0.25) is 4.79 Å². The number of methoxy groups -OCH3 is 2. The number of aliphatic hydroxyl groups excluding tert-OH is 1. The molecule has 158 valence electrons.